The number of carbonyl (C=O) groups excluding carboxylic acids is 1. The van der Waals surface area contributed by atoms with E-state index in [4.69, 9.17) is 0 Å². The lowest BCUT2D eigenvalue weighted by molar-refractivity contribution is 0.180. The molecule has 0 spiro atoms. The number of nitrogens with one attached hydrogen (secondary N) is 1. The summed E-state index contributed by atoms with van der Waals surface area (Å²) in [6.07, 6.45) is 2.66. The van der Waals surface area contributed by atoms with E-state index in [9.17, 15) is 13.2 Å². The van der Waals surface area contributed by atoms with Crippen molar-refractivity contribution in [1.82, 2.24) is 25.0 Å². The molecule has 140 valence electrons. The summed E-state index contributed by atoms with van der Waals surface area (Å²) in [6.45, 7) is 6.78. The van der Waals surface area contributed by atoms with Gasteiger partial charge in [0.05, 0.1) is 23.1 Å². The molecule has 9 heteroatoms. The second kappa shape index (κ2) is 6.59. The molecule has 0 saturated carbocycles. The third kappa shape index (κ3) is 3.26. The number of rotatable bonds is 3. The molecule has 1 unspecified atom stereocenters. The van der Waals surface area contributed by atoms with E-state index in [2.05, 4.69) is 15.4 Å². The van der Waals surface area contributed by atoms with Crippen molar-refractivity contribution in [3.8, 4) is 0 Å². The number of hydrogen-bond acceptors (Lipinski definition) is 5. The molecule has 25 heavy (non-hydrogen) atoms. The van der Waals surface area contributed by atoms with Gasteiger partial charge in [0.15, 0.2) is 9.84 Å². The Morgan fingerprint density at radius 1 is 1.36 bits per heavy atom. The molecule has 1 saturated heterocycles. The van der Waals surface area contributed by atoms with Gasteiger partial charge in [-0.1, -0.05) is 13.8 Å². The molecule has 3 rings (SSSR count). The predicted molar refractivity (Wildman–Crippen MR) is 94.1 cm³/mol. The third-order valence-electron chi connectivity index (χ3n) is 5.64. The number of aryl methyl sites for hydroxylation is 2. The number of nitrogens with zero attached hydrogens (tertiary/aromatic N) is 4. The van der Waals surface area contributed by atoms with Crippen LogP contribution >= 0.6 is 0 Å². The summed E-state index contributed by atoms with van der Waals surface area (Å²) in [5.74, 6) is 1.75. The van der Waals surface area contributed by atoms with E-state index in [1.807, 2.05) is 25.5 Å². The van der Waals surface area contributed by atoms with Crippen molar-refractivity contribution in [1.29, 1.82) is 0 Å². The molecule has 2 amide bonds. The van der Waals surface area contributed by atoms with Crippen LogP contribution in [0.5, 0.6) is 0 Å². The van der Waals surface area contributed by atoms with Crippen LogP contribution in [0.4, 0.5) is 4.79 Å². The van der Waals surface area contributed by atoms with Gasteiger partial charge in [0.1, 0.15) is 11.6 Å². The van der Waals surface area contributed by atoms with Crippen LogP contribution in [0.1, 0.15) is 44.8 Å². The fourth-order valence-electron chi connectivity index (χ4n) is 3.88. The Morgan fingerprint density at radius 3 is 2.76 bits per heavy atom. The highest BCUT2D eigenvalue weighted by Gasteiger charge is 2.46. The van der Waals surface area contributed by atoms with Gasteiger partial charge in [-0.05, 0) is 26.2 Å². The molecule has 2 aliphatic heterocycles. The lowest BCUT2D eigenvalue weighted by atomic mass is 10.0. The van der Waals surface area contributed by atoms with E-state index in [0.29, 0.717) is 19.4 Å². The highest BCUT2D eigenvalue weighted by molar-refractivity contribution is 7.92. The average molecular weight is 369 g/mol. The van der Waals surface area contributed by atoms with Crippen molar-refractivity contribution < 1.29 is 13.2 Å². The van der Waals surface area contributed by atoms with E-state index >= 15 is 0 Å². The van der Waals surface area contributed by atoms with Gasteiger partial charge in [0.2, 0.25) is 0 Å². The van der Waals surface area contributed by atoms with Crippen LogP contribution in [0.15, 0.2) is 0 Å². The Hall–Kier alpha value is -1.64. The molecule has 0 aliphatic carbocycles. The second-order valence-corrected chi connectivity index (χ2v) is 9.58. The van der Waals surface area contributed by atoms with Gasteiger partial charge in [-0.15, -0.1) is 0 Å². The third-order valence-corrected chi connectivity index (χ3v) is 8.38. The Morgan fingerprint density at radius 2 is 2.08 bits per heavy atom. The molecule has 1 N–H and O–H groups in total. The zero-order valence-corrected chi connectivity index (χ0v) is 16.0. The van der Waals surface area contributed by atoms with Crippen LogP contribution in [-0.4, -0.2) is 63.7 Å². The van der Waals surface area contributed by atoms with Crippen LogP contribution in [0.25, 0.3) is 0 Å². The molecular formula is C16H27N5O3S. The van der Waals surface area contributed by atoms with Crippen LogP contribution in [-0.2, 0) is 22.8 Å². The minimum atomic E-state index is -3.17. The molecular weight excluding hydrogens is 342 g/mol. The first-order valence-corrected chi connectivity index (χ1v) is 10.6. The zero-order valence-electron chi connectivity index (χ0n) is 15.2. The van der Waals surface area contributed by atoms with Crippen molar-refractivity contribution in [3.63, 3.8) is 0 Å². The van der Waals surface area contributed by atoms with Crippen LogP contribution in [0, 0.1) is 6.92 Å². The maximum atomic E-state index is 12.7. The monoisotopic (exact) mass is 369 g/mol. The summed E-state index contributed by atoms with van der Waals surface area (Å²) < 4.78 is 26.0. The van der Waals surface area contributed by atoms with Gasteiger partial charge < -0.3 is 10.2 Å². The summed E-state index contributed by atoms with van der Waals surface area (Å²) in [7, 11) is -3.17. The van der Waals surface area contributed by atoms with E-state index in [0.717, 1.165) is 24.5 Å². The number of fused-ring (bicyclic) bond motifs is 1. The number of carbonyl (C=O) groups is 1. The second-order valence-electron chi connectivity index (χ2n) is 7.07. The Kier molecular flexibility index (Phi) is 4.78. The maximum absolute atomic E-state index is 12.7. The fraction of sp³-hybridized carbons (Fsp3) is 0.812. The van der Waals surface area contributed by atoms with Gasteiger partial charge >= 0.3 is 6.03 Å². The van der Waals surface area contributed by atoms with Crippen LogP contribution < -0.4 is 5.32 Å². The normalized spacial score (nSPS) is 24.6. The maximum Gasteiger partial charge on any atom is 0.317 e. The summed E-state index contributed by atoms with van der Waals surface area (Å²) in [5.41, 5.74) is 0. The summed E-state index contributed by atoms with van der Waals surface area (Å²) in [4.78, 5) is 18.7. The Labute approximate surface area is 148 Å². The molecule has 8 nitrogen and oxygen atoms in total. The van der Waals surface area contributed by atoms with E-state index < -0.39 is 14.6 Å². The average Bonchev–Trinajstić information content (AvgIpc) is 2.94. The Balaban J connectivity index is 1.66. The van der Waals surface area contributed by atoms with Crippen LogP contribution in [0.3, 0.4) is 0 Å². The van der Waals surface area contributed by atoms with E-state index in [1.54, 1.807) is 4.90 Å². The summed E-state index contributed by atoms with van der Waals surface area (Å²) >= 11 is 0. The highest BCUT2D eigenvalue weighted by atomic mass is 32.2. The molecule has 1 aromatic heterocycles. The standard InChI is InChI=1S/C16H27N5O3S/c1-4-16(5-2)11-20(8-9-25(16,23)24)15(22)18-13-6-7-14-17-12(3)19-21(14)10-13/h13H,4-11H2,1-3H3,(H,18,22). The molecule has 2 aliphatic rings. The van der Waals surface area contributed by atoms with Gasteiger partial charge in [0.25, 0.3) is 0 Å². The van der Waals surface area contributed by atoms with E-state index in [-0.39, 0.29) is 30.9 Å². The van der Waals surface area contributed by atoms with Gasteiger partial charge in [-0.25, -0.2) is 22.9 Å². The molecule has 0 bridgehead atoms. The van der Waals surface area contributed by atoms with Crippen molar-refractivity contribution in [2.45, 2.75) is 63.8 Å². The fourth-order valence-corrected chi connectivity index (χ4v) is 6.00. The molecule has 1 atom stereocenters. The van der Waals surface area contributed by atoms with Gasteiger partial charge in [-0.3, -0.25) is 0 Å². The van der Waals surface area contributed by atoms with Crippen molar-refractivity contribution >= 4 is 15.9 Å². The van der Waals surface area contributed by atoms with Crippen molar-refractivity contribution in [2.24, 2.45) is 0 Å². The molecule has 1 fully saturated rings. The first-order chi connectivity index (χ1) is 11.8. The predicted octanol–water partition coefficient (Wildman–Crippen LogP) is 0.900. The van der Waals surface area contributed by atoms with Crippen molar-refractivity contribution in [3.05, 3.63) is 11.6 Å². The zero-order chi connectivity index (χ0) is 18.2. The number of aromatic nitrogens is 3. The lowest BCUT2D eigenvalue weighted by Gasteiger charge is -2.41. The van der Waals surface area contributed by atoms with E-state index in [1.165, 1.54) is 0 Å². The summed E-state index contributed by atoms with van der Waals surface area (Å²) in [5, 5.41) is 7.41. The largest absolute Gasteiger partial charge is 0.333 e. The van der Waals surface area contributed by atoms with Crippen LogP contribution in [0.2, 0.25) is 0 Å². The molecule has 3 heterocycles. The summed E-state index contributed by atoms with van der Waals surface area (Å²) in [6, 6.07) is -0.177. The minimum absolute atomic E-state index is 0.00251. The quantitative estimate of drug-likeness (QED) is 0.854. The first kappa shape index (κ1) is 18.2. The molecule has 0 aromatic carbocycles. The van der Waals surface area contributed by atoms with Crippen molar-refractivity contribution in [2.75, 3.05) is 18.8 Å². The smallest absolute Gasteiger partial charge is 0.317 e. The topological polar surface area (TPSA) is 97.2 Å². The van der Waals surface area contributed by atoms with Gasteiger partial charge in [-0.2, -0.15) is 5.10 Å². The van der Waals surface area contributed by atoms with Gasteiger partial charge in [0, 0.05) is 19.5 Å². The molecule has 1 aromatic rings. The lowest BCUT2D eigenvalue weighted by Crippen LogP contribution is -2.60. The first-order valence-electron chi connectivity index (χ1n) is 8.98. The number of hydrogen-bond donors (Lipinski definition) is 1. The number of amides is 2. The SMILES string of the molecule is CCC1(CC)CN(C(=O)NC2CCc3nc(C)nn3C2)CCS1(=O)=O. The number of urea groups is 1. The minimum Gasteiger partial charge on any atom is -0.333 e. The molecule has 0 radical (unpaired) electrons. The number of sulfone groups is 1. The highest BCUT2D eigenvalue weighted by Crippen LogP contribution is 2.31. The Bertz CT molecular complexity index is 754.